The van der Waals surface area contributed by atoms with Crippen molar-refractivity contribution in [2.45, 2.75) is 70.8 Å². The Balaban J connectivity index is 1.66. The highest BCUT2D eigenvalue weighted by atomic mass is 16.5. The van der Waals surface area contributed by atoms with Gasteiger partial charge in [-0.05, 0) is 92.3 Å². The molecule has 25 heavy (non-hydrogen) atoms. The number of fused-ring (bicyclic) bond motifs is 5. The molecule has 4 saturated carbocycles. The summed E-state index contributed by atoms with van der Waals surface area (Å²) in [5.41, 5.74) is 1.96. The van der Waals surface area contributed by atoms with E-state index in [-0.39, 0.29) is 11.5 Å². The molecule has 0 unspecified atom stereocenters. The predicted octanol–water partition coefficient (Wildman–Crippen LogP) is 4.47. The lowest BCUT2D eigenvalue weighted by atomic mass is 9.44. The summed E-state index contributed by atoms with van der Waals surface area (Å²) in [5, 5.41) is 19.4. The maximum absolute atomic E-state index is 10.2. The Labute approximate surface area is 152 Å². The Morgan fingerprint density at radius 2 is 2.04 bits per heavy atom. The molecule has 138 valence electrons. The third-order valence-corrected chi connectivity index (χ3v) is 8.84. The largest absolute Gasteiger partial charge is 0.393 e. The summed E-state index contributed by atoms with van der Waals surface area (Å²) in [7, 11) is 1.86. The second-order valence-electron chi connectivity index (χ2n) is 9.54. The van der Waals surface area contributed by atoms with E-state index in [1.807, 2.05) is 13.2 Å². The van der Waals surface area contributed by atoms with Crippen LogP contribution in [0.2, 0.25) is 0 Å². The quantitative estimate of drug-likeness (QED) is 0.753. The van der Waals surface area contributed by atoms with Crippen LogP contribution in [0.3, 0.4) is 0 Å². The molecular formula is C22H33NO2. The van der Waals surface area contributed by atoms with E-state index < -0.39 is 0 Å². The van der Waals surface area contributed by atoms with E-state index in [2.05, 4.69) is 13.0 Å². The number of ether oxygens (including phenoxy) is 1. The molecule has 0 aromatic carbocycles. The van der Waals surface area contributed by atoms with Crippen LogP contribution in [0.5, 0.6) is 0 Å². The summed E-state index contributed by atoms with van der Waals surface area (Å²) in [4.78, 5) is 0. The first kappa shape index (κ1) is 17.6. The van der Waals surface area contributed by atoms with Crippen LogP contribution in [0.15, 0.2) is 11.6 Å². The van der Waals surface area contributed by atoms with Gasteiger partial charge in [0.25, 0.3) is 0 Å². The Morgan fingerprint density at radius 3 is 2.80 bits per heavy atom. The van der Waals surface area contributed by atoms with Crippen LogP contribution in [-0.4, -0.2) is 24.9 Å². The molecule has 0 amide bonds. The number of aliphatic hydroxyl groups excluding tert-OH is 1. The zero-order valence-corrected chi connectivity index (χ0v) is 15.8. The van der Waals surface area contributed by atoms with Crippen LogP contribution >= 0.6 is 0 Å². The molecular weight excluding hydrogens is 310 g/mol. The third-order valence-electron chi connectivity index (χ3n) is 8.84. The summed E-state index contributed by atoms with van der Waals surface area (Å²) in [6, 6.07) is 2.31. The standard InChI is InChI=1S/C22H33NO2/c1-21-10-8-20-18(19(21)6-4-15(21)9-12-23)5-3-16-13-17(24)7-11-22(16,20)14-25-2/h9,16-20,24H,3-8,10-11,13-14H2,1-2H3/b15-9+/t16-,17+,18-,19-,20-,21+,22+/m0/s1. The monoisotopic (exact) mass is 343 g/mol. The number of aliphatic hydroxyl groups is 1. The number of hydrogen-bond acceptors (Lipinski definition) is 3. The highest BCUT2D eigenvalue weighted by Crippen LogP contribution is 2.67. The Hall–Kier alpha value is -0.850. The lowest BCUT2D eigenvalue weighted by molar-refractivity contribution is -0.151. The molecule has 0 aromatic heterocycles. The lowest BCUT2D eigenvalue weighted by Gasteiger charge is -2.61. The highest BCUT2D eigenvalue weighted by molar-refractivity contribution is 5.28. The van der Waals surface area contributed by atoms with Gasteiger partial charge in [-0.1, -0.05) is 12.5 Å². The van der Waals surface area contributed by atoms with Gasteiger partial charge in [0.2, 0.25) is 0 Å². The molecule has 3 nitrogen and oxygen atoms in total. The predicted molar refractivity (Wildman–Crippen MR) is 97.6 cm³/mol. The van der Waals surface area contributed by atoms with Crippen molar-refractivity contribution in [3.63, 3.8) is 0 Å². The average molecular weight is 344 g/mol. The molecule has 4 rings (SSSR count). The van der Waals surface area contributed by atoms with E-state index in [4.69, 9.17) is 4.74 Å². The molecule has 3 heteroatoms. The van der Waals surface area contributed by atoms with Gasteiger partial charge in [-0.15, -0.1) is 0 Å². The van der Waals surface area contributed by atoms with Crippen molar-refractivity contribution in [1.29, 1.82) is 5.26 Å². The number of nitrogens with zero attached hydrogens (tertiary/aromatic N) is 1. The minimum atomic E-state index is -0.1000. The van der Waals surface area contributed by atoms with Gasteiger partial charge in [-0.2, -0.15) is 5.26 Å². The average Bonchev–Trinajstić information content (AvgIpc) is 2.93. The van der Waals surface area contributed by atoms with Gasteiger partial charge in [0.1, 0.15) is 0 Å². The second kappa shape index (κ2) is 6.39. The summed E-state index contributed by atoms with van der Waals surface area (Å²) < 4.78 is 5.79. The van der Waals surface area contributed by atoms with Crippen molar-refractivity contribution in [2.75, 3.05) is 13.7 Å². The Kier molecular flexibility index (Phi) is 4.49. The molecule has 0 aromatic rings. The van der Waals surface area contributed by atoms with Crippen molar-refractivity contribution in [3.05, 3.63) is 11.6 Å². The van der Waals surface area contributed by atoms with Gasteiger partial charge in [0, 0.05) is 13.2 Å². The molecule has 0 heterocycles. The summed E-state index contributed by atoms with van der Waals surface area (Å²) in [6.07, 6.45) is 12.3. The fraction of sp³-hybridized carbons (Fsp3) is 0.864. The third kappa shape index (κ3) is 2.52. The van der Waals surface area contributed by atoms with Crippen molar-refractivity contribution in [3.8, 4) is 6.07 Å². The first-order valence-electron chi connectivity index (χ1n) is 10.3. The maximum Gasteiger partial charge on any atom is 0.0911 e. The van der Waals surface area contributed by atoms with E-state index in [0.717, 1.165) is 50.0 Å². The van der Waals surface area contributed by atoms with Crippen LogP contribution in [-0.2, 0) is 4.74 Å². The van der Waals surface area contributed by atoms with E-state index in [1.165, 1.54) is 37.7 Å². The van der Waals surface area contributed by atoms with Gasteiger partial charge < -0.3 is 9.84 Å². The fourth-order valence-corrected chi connectivity index (χ4v) is 7.74. The van der Waals surface area contributed by atoms with Gasteiger partial charge in [0.15, 0.2) is 0 Å². The highest BCUT2D eigenvalue weighted by Gasteiger charge is 2.60. The minimum Gasteiger partial charge on any atom is -0.393 e. The normalized spacial score (nSPS) is 50.6. The second-order valence-corrected chi connectivity index (χ2v) is 9.54. The summed E-state index contributed by atoms with van der Waals surface area (Å²) in [6.45, 7) is 3.31. The van der Waals surface area contributed by atoms with Crippen LogP contribution < -0.4 is 0 Å². The number of methoxy groups -OCH3 is 1. The van der Waals surface area contributed by atoms with Gasteiger partial charge in [-0.25, -0.2) is 0 Å². The van der Waals surface area contributed by atoms with Crippen LogP contribution in [0, 0.1) is 45.8 Å². The van der Waals surface area contributed by atoms with E-state index in [0.29, 0.717) is 11.3 Å². The summed E-state index contributed by atoms with van der Waals surface area (Å²) in [5.74, 6) is 2.91. The van der Waals surface area contributed by atoms with E-state index in [1.54, 1.807) is 0 Å². The van der Waals surface area contributed by atoms with Gasteiger partial charge in [-0.3, -0.25) is 0 Å². The van der Waals surface area contributed by atoms with Crippen molar-refractivity contribution >= 4 is 0 Å². The molecule has 0 radical (unpaired) electrons. The molecule has 1 N–H and O–H groups in total. The molecule has 0 aliphatic heterocycles. The van der Waals surface area contributed by atoms with Gasteiger partial charge >= 0.3 is 0 Å². The van der Waals surface area contributed by atoms with Crippen molar-refractivity contribution < 1.29 is 9.84 Å². The molecule has 0 bridgehead atoms. The molecule has 4 aliphatic carbocycles. The molecule has 4 fully saturated rings. The van der Waals surface area contributed by atoms with E-state index >= 15 is 0 Å². The molecule has 7 atom stereocenters. The first-order chi connectivity index (χ1) is 12.0. The minimum absolute atomic E-state index is 0.1000. The SMILES string of the molecule is COC[C@]12CC[C@@H](O)C[C@@H]1CC[C@@H]1[C@@H]2CC[C@]2(C)/C(=C/C#N)CC[C@@H]12. The molecule has 0 saturated heterocycles. The smallest absolute Gasteiger partial charge is 0.0911 e. The Bertz CT molecular complexity index is 593. The van der Waals surface area contributed by atoms with Crippen molar-refractivity contribution in [1.82, 2.24) is 0 Å². The van der Waals surface area contributed by atoms with Crippen LogP contribution in [0.25, 0.3) is 0 Å². The first-order valence-corrected chi connectivity index (χ1v) is 10.3. The zero-order chi connectivity index (χ0) is 17.7. The number of hydrogen-bond donors (Lipinski definition) is 1. The zero-order valence-electron chi connectivity index (χ0n) is 15.8. The Morgan fingerprint density at radius 1 is 1.20 bits per heavy atom. The number of nitriles is 1. The van der Waals surface area contributed by atoms with E-state index in [9.17, 15) is 10.4 Å². The van der Waals surface area contributed by atoms with Crippen LogP contribution in [0.4, 0.5) is 0 Å². The molecule has 0 spiro atoms. The van der Waals surface area contributed by atoms with Crippen molar-refractivity contribution in [2.24, 2.45) is 34.5 Å². The number of rotatable bonds is 2. The van der Waals surface area contributed by atoms with Crippen LogP contribution in [0.1, 0.15) is 64.7 Å². The summed E-state index contributed by atoms with van der Waals surface area (Å²) >= 11 is 0. The maximum atomic E-state index is 10.2. The topological polar surface area (TPSA) is 53.2 Å². The lowest BCUT2D eigenvalue weighted by Crippen LogP contribution is -2.56. The fourth-order valence-electron chi connectivity index (χ4n) is 7.74. The number of allylic oxidation sites excluding steroid dienone is 2. The molecule has 4 aliphatic rings. The van der Waals surface area contributed by atoms with Gasteiger partial charge in [0.05, 0.1) is 18.8 Å².